The molecule has 3 aromatic rings. The number of nitrogens with zero attached hydrogens (tertiary/aromatic N) is 3. The molecule has 7 nitrogen and oxygen atoms in total. The van der Waals surface area contributed by atoms with Crippen molar-refractivity contribution < 1.29 is 9.21 Å². The predicted octanol–water partition coefficient (Wildman–Crippen LogP) is 2.43. The molecule has 2 amide bonds. The van der Waals surface area contributed by atoms with Crippen molar-refractivity contribution in [3.63, 3.8) is 0 Å². The summed E-state index contributed by atoms with van der Waals surface area (Å²) in [6, 6.07) is 6.77. The first-order valence-corrected chi connectivity index (χ1v) is 6.49. The topological polar surface area (TPSA) is 92.9 Å². The first-order chi connectivity index (χ1) is 10.3. The molecule has 0 aliphatic carbocycles. The summed E-state index contributed by atoms with van der Waals surface area (Å²) in [5, 5.41) is 5.25. The molecule has 0 aliphatic rings. The van der Waals surface area contributed by atoms with Crippen LogP contribution in [0.5, 0.6) is 0 Å². The quantitative estimate of drug-likeness (QED) is 0.770. The summed E-state index contributed by atoms with van der Waals surface area (Å²) in [5.74, 6) is 0.850. The number of pyridine rings is 2. The summed E-state index contributed by atoms with van der Waals surface area (Å²) in [6.45, 7) is 2.38. The van der Waals surface area contributed by atoms with Crippen LogP contribution in [0.3, 0.4) is 0 Å². The Labute approximate surface area is 120 Å². The molecule has 0 unspecified atom stereocenters. The van der Waals surface area contributed by atoms with Crippen LogP contribution in [0.4, 0.5) is 10.6 Å². The summed E-state index contributed by atoms with van der Waals surface area (Å²) in [5.41, 5.74) is 1.76. The van der Waals surface area contributed by atoms with Gasteiger partial charge >= 0.3 is 6.03 Å². The van der Waals surface area contributed by atoms with Crippen molar-refractivity contribution in [2.75, 3.05) is 11.9 Å². The van der Waals surface area contributed by atoms with Crippen molar-refractivity contribution >= 4 is 23.1 Å². The number of fused-ring (bicyclic) bond motifs is 1. The molecular formula is C14H13N5O2. The van der Waals surface area contributed by atoms with Gasteiger partial charge in [0.15, 0.2) is 0 Å². The fourth-order valence-electron chi connectivity index (χ4n) is 1.82. The minimum Gasteiger partial charge on any atom is -0.418 e. The number of aromatic nitrogens is 3. The van der Waals surface area contributed by atoms with Gasteiger partial charge in [0, 0.05) is 18.9 Å². The molecule has 0 spiro atoms. The van der Waals surface area contributed by atoms with Crippen molar-refractivity contribution in [1.29, 1.82) is 0 Å². The third-order valence-corrected chi connectivity index (χ3v) is 2.74. The Balaban J connectivity index is 1.90. The standard InChI is InChI=1S/C14H13N5O2/c1-2-16-14(20)19-11-6-5-10-13(18-11)21-12(17-10)9-4-3-7-15-8-9/h3-8H,2H2,1H3,(H2,16,18,19,20). The second-order valence-electron chi connectivity index (χ2n) is 4.27. The van der Waals surface area contributed by atoms with Crippen molar-refractivity contribution in [1.82, 2.24) is 20.3 Å². The van der Waals surface area contributed by atoms with Gasteiger partial charge < -0.3 is 9.73 Å². The highest BCUT2D eigenvalue weighted by Crippen LogP contribution is 2.23. The van der Waals surface area contributed by atoms with E-state index in [1.54, 1.807) is 30.6 Å². The highest BCUT2D eigenvalue weighted by Gasteiger charge is 2.10. The zero-order chi connectivity index (χ0) is 14.7. The Morgan fingerprint density at radius 3 is 2.95 bits per heavy atom. The smallest absolute Gasteiger partial charge is 0.320 e. The Kier molecular flexibility index (Phi) is 3.46. The van der Waals surface area contributed by atoms with Crippen molar-refractivity contribution in [2.24, 2.45) is 0 Å². The Bertz CT molecular complexity index is 769. The van der Waals surface area contributed by atoms with Gasteiger partial charge in [-0.25, -0.2) is 9.78 Å². The molecule has 0 bridgehead atoms. The number of carbonyl (C=O) groups is 1. The number of carbonyl (C=O) groups excluding carboxylic acids is 1. The molecule has 0 saturated heterocycles. The van der Waals surface area contributed by atoms with E-state index in [-0.39, 0.29) is 6.03 Å². The van der Waals surface area contributed by atoms with Gasteiger partial charge in [-0.15, -0.1) is 0 Å². The SMILES string of the molecule is CCNC(=O)Nc1ccc2nc(-c3cccnc3)oc2n1. The second kappa shape index (κ2) is 5.58. The van der Waals surface area contributed by atoms with Gasteiger partial charge in [0.25, 0.3) is 0 Å². The molecule has 3 heterocycles. The number of nitrogens with one attached hydrogen (secondary N) is 2. The first kappa shape index (κ1) is 13.0. The van der Waals surface area contributed by atoms with E-state index < -0.39 is 0 Å². The largest absolute Gasteiger partial charge is 0.418 e. The van der Waals surface area contributed by atoms with Crippen LogP contribution in [0.25, 0.3) is 22.7 Å². The number of rotatable bonds is 3. The van der Waals surface area contributed by atoms with Crippen LogP contribution >= 0.6 is 0 Å². The summed E-state index contributed by atoms with van der Waals surface area (Å²) in [7, 11) is 0. The first-order valence-electron chi connectivity index (χ1n) is 6.49. The third-order valence-electron chi connectivity index (χ3n) is 2.74. The van der Waals surface area contributed by atoms with Crippen LogP contribution in [0.1, 0.15) is 6.92 Å². The van der Waals surface area contributed by atoms with Crippen LogP contribution in [0, 0.1) is 0 Å². The molecule has 0 fully saturated rings. The van der Waals surface area contributed by atoms with Gasteiger partial charge in [0.05, 0.1) is 5.56 Å². The molecule has 106 valence electrons. The summed E-state index contributed by atoms with van der Waals surface area (Å²) < 4.78 is 5.60. The highest BCUT2D eigenvalue weighted by molar-refractivity contribution is 5.89. The van der Waals surface area contributed by atoms with Gasteiger partial charge in [0.1, 0.15) is 11.3 Å². The van der Waals surface area contributed by atoms with Crippen LogP contribution < -0.4 is 10.6 Å². The van der Waals surface area contributed by atoms with Crippen LogP contribution in [-0.2, 0) is 0 Å². The van der Waals surface area contributed by atoms with E-state index in [2.05, 4.69) is 25.6 Å². The maximum atomic E-state index is 11.5. The Morgan fingerprint density at radius 1 is 1.29 bits per heavy atom. The number of hydrogen-bond donors (Lipinski definition) is 2. The zero-order valence-electron chi connectivity index (χ0n) is 11.3. The van der Waals surface area contributed by atoms with E-state index in [0.717, 1.165) is 5.56 Å². The minimum atomic E-state index is -0.309. The molecule has 21 heavy (non-hydrogen) atoms. The molecule has 3 aromatic heterocycles. The van der Waals surface area contributed by atoms with Crippen molar-refractivity contribution in [2.45, 2.75) is 6.92 Å². The summed E-state index contributed by atoms with van der Waals surface area (Å²) in [6.07, 6.45) is 3.34. The molecule has 3 rings (SSSR count). The molecule has 0 aromatic carbocycles. The fourth-order valence-corrected chi connectivity index (χ4v) is 1.82. The normalized spacial score (nSPS) is 10.5. The summed E-state index contributed by atoms with van der Waals surface area (Å²) in [4.78, 5) is 24.0. The van der Waals surface area contributed by atoms with Gasteiger partial charge in [0.2, 0.25) is 11.6 Å². The van der Waals surface area contributed by atoms with Gasteiger partial charge in [-0.05, 0) is 31.2 Å². The number of oxazole rings is 1. The Morgan fingerprint density at radius 2 is 2.19 bits per heavy atom. The van der Waals surface area contributed by atoms with E-state index in [4.69, 9.17) is 4.42 Å². The lowest BCUT2D eigenvalue weighted by Crippen LogP contribution is -2.28. The van der Waals surface area contributed by atoms with Crippen molar-refractivity contribution in [3.05, 3.63) is 36.7 Å². The number of urea groups is 1. The second-order valence-corrected chi connectivity index (χ2v) is 4.27. The average molecular weight is 283 g/mol. The maximum Gasteiger partial charge on any atom is 0.320 e. The van der Waals surface area contributed by atoms with Crippen molar-refractivity contribution in [3.8, 4) is 11.5 Å². The fraction of sp³-hybridized carbons (Fsp3) is 0.143. The van der Waals surface area contributed by atoms with Gasteiger partial charge in [-0.1, -0.05) is 0 Å². The highest BCUT2D eigenvalue weighted by atomic mass is 16.4. The molecule has 0 atom stereocenters. The van der Waals surface area contributed by atoms with E-state index in [1.807, 2.05) is 13.0 Å². The predicted molar refractivity (Wildman–Crippen MR) is 77.7 cm³/mol. The van der Waals surface area contributed by atoms with Crippen LogP contribution in [0.2, 0.25) is 0 Å². The monoisotopic (exact) mass is 283 g/mol. The molecule has 0 radical (unpaired) electrons. The Hall–Kier alpha value is -2.96. The molecule has 0 aliphatic heterocycles. The maximum absolute atomic E-state index is 11.5. The van der Waals surface area contributed by atoms with E-state index in [1.165, 1.54) is 0 Å². The zero-order valence-corrected chi connectivity index (χ0v) is 11.3. The lowest BCUT2D eigenvalue weighted by Gasteiger charge is -2.03. The molecule has 2 N–H and O–H groups in total. The van der Waals surface area contributed by atoms with E-state index in [0.29, 0.717) is 29.5 Å². The van der Waals surface area contributed by atoms with E-state index >= 15 is 0 Å². The minimum absolute atomic E-state index is 0.309. The molecular weight excluding hydrogens is 270 g/mol. The van der Waals surface area contributed by atoms with E-state index in [9.17, 15) is 4.79 Å². The van der Waals surface area contributed by atoms with Gasteiger partial charge in [-0.3, -0.25) is 10.3 Å². The average Bonchev–Trinajstić information content (AvgIpc) is 2.91. The lowest BCUT2D eigenvalue weighted by molar-refractivity contribution is 0.252. The summed E-state index contributed by atoms with van der Waals surface area (Å²) >= 11 is 0. The third kappa shape index (κ3) is 2.81. The lowest BCUT2D eigenvalue weighted by atomic mass is 10.3. The number of hydrogen-bond acceptors (Lipinski definition) is 5. The van der Waals surface area contributed by atoms with Crippen LogP contribution in [-0.4, -0.2) is 27.5 Å². The number of amides is 2. The van der Waals surface area contributed by atoms with Crippen LogP contribution in [0.15, 0.2) is 41.1 Å². The number of anilines is 1. The molecule has 7 heteroatoms. The van der Waals surface area contributed by atoms with Gasteiger partial charge in [-0.2, -0.15) is 4.98 Å². The molecule has 0 saturated carbocycles.